The number of likely N-dealkylation sites (tertiary alicyclic amines) is 1. The lowest BCUT2D eigenvalue weighted by atomic mass is 9.85. The molecule has 1 aliphatic carbocycles. The number of amidine groups is 1. The van der Waals surface area contributed by atoms with E-state index in [-0.39, 0.29) is 17.2 Å². The zero-order valence-corrected chi connectivity index (χ0v) is 12.1. The van der Waals surface area contributed by atoms with E-state index in [1.54, 1.807) is 18.2 Å². The van der Waals surface area contributed by atoms with Gasteiger partial charge in [-0.25, -0.2) is 4.39 Å². The van der Waals surface area contributed by atoms with Crippen LogP contribution in [0.25, 0.3) is 0 Å². The molecule has 1 heterocycles. The van der Waals surface area contributed by atoms with E-state index in [2.05, 4.69) is 10.1 Å². The summed E-state index contributed by atoms with van der Waals surface area (Å²) in [5, 5.41) is 11.6. The van der Waals surface area contributed by atoms with Gasteiger partial charge in [-0.05, 0) is 37.8 Å². The van der Waals surface area contributed by atoms with E-state index in [9.17, 15) is 4.39 Å². The van der Waals surface area contributed by atoms with Crippen LogP contribution in [0.4, 0.5) is 4.39 Å². The maximum absolute atomic E-state index is 14.5. The molecule has 0 bridgehead atoms. The van der Waals surface area contributed by atoms with Crippen molar-refractivity contribution in [2.24, 2.45) is 16.8 Å². The van der Waals surface area contributed by atoms with E-state index in [0.717, 1.165) is 12.5 Å². The lowest BCUT2D eigenvalue weighted by molar-refractivity contribution is 0.174. The summed E-state index contributed by atoms with van der Waals surface area (Å²) >= 11 is 0. The molecule has 21 heavy (non-hydrogen) atoms. The first-order chi connectivity index (χ1) is 10.2. The minimum Gasteiger partial charge on any atom is -0.409 e. The molecule has 0 aromatic heterocycles. The van der Waals surface area contributed by atoms with Gasteiger partial charge >= 0.3 is 0 Å². The van der Waals surface area contributed by atoms with Crippen molar-refractivity contribution in [3.8, 4) is 0 Å². The summed E-state index contributed by atoms with van der Waals surface area (Å²) in [6.45, 7) is 1.65. The lowest BCUT2D eigenvalue weighted by Gasteiger charge is -2.31. The molecular formula is C16H22FN3O. The van der Waals surface area contributed by atoms with Gasteiger partial charge in [0.15, 0.2) is 5.84 Å². The summed E-state index contributed by atoms with van der Waals surface area (Å²) in [6, 6.07) is 5.70. The largest absolute Gasteiger partial charge is 0.409 e. The zero-order chi connectivity index (χ0) is 14.8. The summed E-state index contributed by atoms with van der Waals surface area (Å²) in [6.07, 6.45) is 6.39. The van der Waals surface area contributed by atoms with E-state index in [4.69, 9.17) is 10.9 Å². The number of halogens is 1. The van der Waals surface area contributed by atoms with Crippen LogP contribution in [0.3, 0.4) is 0 Å². The quantitative estimate of drug-likeness (QED) is 0.389. The number of nitrogens with two attached hydrogens (primary N) is 1. The Kier molecular flexibility index (Phi) is 4.10. The molecule has 3 N–H and O–H groups in total. The van der Waals surface area contributed by atoms with E-state index in [1.165, 1.54) is 32.1 Å². The molecule has 114 valence electrons. The van der Waals surface area contributed by atoms with Crippen LogP contribution in [0, 0.1) is 11.7 Å². The molecular weight excluding hydrogens is 269 g/mol. The second-order valence-corrected chi connectivity index (χ2v) is 6.13. The van der Waals surface area contributed by atoms with Crippen molar-refractivity contribution >= 4 is 5.84 Å². The summed E-state index contributed by atoms with van der Waals surface area (Å²) in [5.74, 6) is 0.243. The SMILES string of the molecule is N/C(=N/O)c1cccc(CN2CCC3CCCCC32)c1F. The maximum atomic E-state index is 14.5. The third-order valence-electron chi connectivity index (χ3n) is 4.96. The molecule has 1 aromatic rings. The first kappa shape index (κ1) is 14.3. The number of hydrogen-bond donors (Lipinski definition) is 2. The smallest absolute Gasteiger partial charge is 0.173 e. The van der Waals surface area contributed by atoms with Gasteiger partial charge in [-0.1, -0.05) is 30.1 Å². The molecule has 1 saturated heterocycles. The van der Waals surface area contributed by atoms with E-state index in [0.29, 0.717) is 18.2 Å². The third kappa shape index (κ3) is 2.75. The summed E-state index contributed by atoms with van der Waals surface area (Å²) in [4.78, 5) is 2.40. The van der Waals surface area contributed by atoms with Gasteiger partial charge < -0.3 is 10.9 Å². The van der Waals surface area contributed by atoms with Crippen molar-refractivity contribution in [3.63, 3.8) is 0 Å². The lowest BCUT2D eigenvalue weighted by Crippen LogP contribution is -2.34. The van der Waals surface area contributed by atoms with Crippen LogP contribution in [0.2, 0.25) is 0 Å². The normalized spacial score (nSPS) is 26.8. The summed E-state index contributed by atoms with van der Waals surface area (Å²) in [7, 11) is 0. The molecule has 5 heteroatoms. The average Bonchev–Trinajstić information content (AvgIpc) is 2.92. The van der Waals surface area contributed by atoms with Gasteiger partial charge in [0.2, 0.25) is 0 Å². The van der Waals surface area contributed by atoms with E-state index in [1.807, 2.05) is 0 Å². The van der Waals surface area contributed by atoms with Gasteiger partial charge in [0.25, 0.3) is 0 Å². The van der Waals surface area contributed by atoms with Crippen LogP contribution >= 0.6 is 0 Å². The van der Waals surface area contributed by atoms with Gasteiger partial charge in [0, 0.05) is 18.2 Å². The highest BCUT2D eigenvalue weighted by Gasteiger charge is 2.35. The van der Waals surface area contributed by atoms with Crippen LogP contribution in [0.5, 0.6) is 0 Å². The molecule has 0 spiro atoms. The van der Waals surface area contributed by atoms with Gasteiger partial charge in [0.1, 0.15) is 5.82 Å². The molecule has 4 nitrogen and oxygen atoms in total. The van der Waals surface area contributed by atoms with E-state index >= 15 is 0 Å². The number of oxime groups is 1. The average molecular weight is 291 g/mol. The summed E-state index contributed by atoms with van der Waals surface area (Å²) in [5.41, 5.74) is 6.33. The molecule has 3 rings (SSSR count). The molecule has 2 unspecified atom stereocenters. The Morgan fingerprint density at radius 1 is 1.33 bits per heavy atom. The first-order valence-corrected chi connectivity index (χ1v) is 7.70. The molecule has 1 aromatic carbocycles. The van der Waals surface area contributed by atoms with Crippen LogP contribution in [-0.4, -0.2) is 28.5 Å². The molecule has 2 aliphatic rings. The monoisotopic (exact) mass is 291 g/mol. The van der Waals surface area contributed by atoms with Gasteiger partial charge in [-0.2, -0.15) is 0 Å². The standard InChI is InChI=1S/C16H22FN3O/c17-15-12(5-3-6-13(15)16(18)19-21)10-20-9-8-11-4-1-2-7-14(11)20/h3,5-6,11,14,21H,1-2,4,7-10H2,(H2,18,19). The predicted molar refractivity (Wildman–Crippen MR) is 79.7 cm³/mol. The van der Waals surface area contributed by atoms with Crippen molar-refractivity contribution in [1.82, 2.24) is 4.90 Å². The topological polar surface area (TPSA) is 61.9 Å². The van der Waals surface area contributed by atoms with Crippen molar-refractivity contribution in [2.75, 3.05) is 6.54 Å². The zero-order valence-electron chi connectivity index (χ0n) is 12.1. The number of nitrogens with zero attached hydrogens (tertiary/aromatic N) is 2. The second kappa shape index (κ2) is 6.02. The van der Waals surface area contributed by atoms with E-state index < -0.39 is 0 Å². The maximum Gasteiger partial charge on any atom is 0.173 e. The Bertz CT molecular complexity index is 546. The molecule has 2 fully saturated rings. The van der Waals surface area contributed by atoms with Crippen LogP contribution in [-0.2, 0) is 6.54 Å². The first-order valence-electron chi connectivity index (χ1n) is 7.70. The number of fused-ring (bicyclic) bond motifs is 1. The Labute approximate surface area is 124 Å². The van der Waals surface area contributed by atoms with Gasteiger partial charge in [0.05, 0.1) is 5.56 Å². The molecule has 0 amide bonds. The Hall–Kier alpha value is -1.62. The minimum absolute atomic E-state index is 0.175. The second-order valence-electron chi connectivity index (χ2n) is 6.13. The highest BCUT2D eigenvalue weighted by atomic mass is 19.1. The third-order valence-corrected chi connectivity index (χ3v) is 4.96. The van der Waals surface area contributed by atoms with Crippen molar-refractivity contribution in [3.05, 3.63) is 35.1 Å². The fourth-order valence-corrected chi connectivity index (χ4v) is 3.87. The fourth-order valence-electron chi connectivity index (χ4n) is 3.87. The fraction of sp³-hybridized carbons (Fsp3) is 0.562. The van der Waals surface area contributed by atoms with Crippen molar-refractivity contribution < 1.29 is 9.60 Å². The van der Waals surface area contributed by atoms with Gasteiger partial charge in [-0.15, -0.1) is 0 Å². The highest BCUT2D eigenvalue weighted by Crippen LogP contribution is 2.37. The van der Waals surface area contributed by atoms with Crippen LogP contribution in [0.15, 0.2) is 23.4 Å². The van der Waals surface area contributed by atoms with Crippen LogP contribution < -0.4 is 5.73 Å². The number of hydrogen-bond acceptors (Lipinski definition) is 3. The van der Waals surface area contributed by atoms with Gasteiger partial charge in [-0.3, -0.25) is 4.90 Å². The Morgan fingerprint density at radius 3 is 2.95 bits per heavy atom. The predicted octanol–water partition coefficient (Wildman–Crippen LogP) is 2.68. The number of rotatable bonds is 3. The summed E-state index contributed by atoms with van der Waals surface area (Å²) < 4.78 is 14.5. The molecule has 1 aliphatic heterocycles. The molecule has 1 saturated carbocycles. The highest BCUT2D eigenvalue weighted by molar-refractivity contribution is 5.97. The van der Waals surface area contributed by atoms with Crippen LogP contribution in [0.1, 0.15) is 43.2 Å². The van der Waals surface area contributed by atoms with Crippen molar-refractivity contribution in [2.45, 2.75) is 44.7 Å². The molecule has 0 radical (unpaired) electrons. The molecule has 2 atom stereocenters. The Morgan fingerprint density at radius 2 is 2.14 bits per heavy atom. The Balaban J connectivity index is 1.79. The van der Waals surface area contributed by atoms with Crippen molar-refractivity contribution in [1.29, 1.82) is 0 Å². The minimum atomic E-state index is -0.368. The number of benzene rings is 1.